The van der Waals surface area contributed by atoms with Crippen molar-refractivity contribution in [2.75, 3.05) is 24.4 Å². The predicted molar refractivity (Wildman–Crippen MR) is 109 cm³/mol. The number of benzene rings is 2. The SMILES string of the molecule is Cc1cc(C)cc(NS(=O)(=O)c2ccc3c(c2)OC[C@@H](C(=O)N2CCCC2)O3)c1. The summed E-state index contributed by atoms with van der Waals surface area (Å²) >= 11 is 0. The van der Waals surface area contributed by atoms with Crippen molar-refractivity contribution in [3.05, 3.63) is 47.5 Å². The Bertz CT molecular complexity index is 1020. The molecule has 154 valence electrons. The molecule has 1 amide bonds. The number of hydrogen-bond acceptors (Lipinski definition) is 5. The Morgan fingerprint density at radius 3 is 2.41 bits per heavy atom. The van der Waals surface area contributed by atoms with E-state index in [1.165, 1.54) is 18.2 Å². The molecule has 2 aromatic rings. The molecule has 2 aliphatic rings. The van der Waals surface area contributed by atoms with Crippen LogP contribution in [-0.4, -0.2) is 45.0 Å². The summed E-state index contributed by atoms with van der Waals surface area (Å²) in [5, 5.41) is 0. The lowest BCUT2D eigenvalue weighted by molar-refractivity contribution is -0.140. The number of carbonyl (C=O) groups excluding carboxylic acids is 1. The van der Waals surface area contributed by atoms with E-state index in [4.69, 9.17) is 9.47 Å². The van der Waals surface area contributed by atoms with Crippen LogP contribution in [0.3, 0.4) is 0 Å². The number of likely N-dealkylation sites (tertiary alicyclic amines) is 1. The van der Waals surface area contributed by atoms with Crippen molar-refractivity contribution in [2.45, 2.75) is 37.7 Å². The lowest BCUT2D eigenvalue weighted by Gasteiger charge is -2.28. The molecule has 8 heteroatoms. The number of sulfonamides is 1. The standard InChI is InChI=1S/C21H24N2O5S/c1-14-9-15(2)11-16(10-14)22-29(25,26)17-5-6-18-19(12-17)27-13-20(28-18)21(24)23-7-3-4-8-23/h5-6,9-12,20,22H,3-4,7-8,13H2,1-2H3/t20-/m0/s1. The highest BCUT2D eigenvalue weighted by Gasteiger charge is 2.33. The number of hydrogen-bond donors (Lipinski definition) is 1. The van der Waals surface area contributed by atoms with Gasteiger partial charge in [-0.3, -0.25) is 9.52 Å². The van der Waals surface area contributed by atoms with E-state index in [1.54, 1.807) is 17.0 Å². The number of carbonyl (C=O) groups is 1. The number of ether oxygens (including phenoxy) is 2. The van der Waals surface area contributed by atoms with Gasteiger partial charge in [0.25, 0.3) is 15.9 Å². The Kier molecular flexibility index (Phi) is 5.12. The number of fused-ring (bicyclic) bond motifs is 1. The van der Waals surface area contributed by atoms with Gasteiger partial charge in [0, 0.05) is 24.8 Å². The minimum absolute atomic E-state index is 0.0658. The van der Waals surface area contributed by atoms with E-state index >= 15 is 0 Å². The molecule has 1 N–H and O–H groups in total. The molecule has 0 saturated carbocycles. The van der Waals surface area contributed by atoms with Gasteiger partial charge in [0.1, 0.15) is 6.61 Å². The van der Waals surface area contributed by atoms with E-state index in [-0.39, 0.29) is 17.4 Å². The Morgan fingerprint density at radius 1 is 1.03 bits per heavy atom. The summed E-state index contributed by atoms with van der Waals surface area (Å²) in [6.45, 7) is 5.37. The first-order chi connectivity index (χ1) is 13.8. The molecule has 2 heterocycles. The second kappa shape index (κ2) is 7.59. The molecule has 1 fully saturated rings. The molecule has 1 atom stereocenters. The Balaban J connectivity index is 1.51. The van der Waals surface area contributed by atoms with Crippen LogP contribution >= 0.6 is 0 Å². The van der Waals surface area contributed by atoms with Crippen LogP contribution in [0.15, 0.2) is 41.3 Å². The third-order valence-electron chi connectivity index (χ3n) is 5.05. The topological polar surface area (TPSA) is 84.9 Å². The summed E-state index contributed by atoms with van der Waals surface area (Å²) in [6.07, 6.45) is 1.31. The van der Waals surface area contributed by atoms with Crippen LogP contribution in [0, 0.1) is 13.8 Å². The Hall–Kier alpha value is -2.74. The zero-order valence-electron chi connectivity index (χ0n) is 16.5. The summed E-state index contributed by atoms with van der Waals surface area (Å²) in [5.74, 6) is 0.610. The molecule has 29 heavy (non-hydrogen) atoms. The second-order valence-electron chi connectivity index (χ2n) is 7.54. The lowest BCUT2D eigenvalue weighted by atomic mass is 10.1. The van der Waals surface area contributed by atoms with Gasteiger partial charge in [-0.05, 0) is 62.1 Å². The molecule has 7 nitrogen and oxygen atoms in total. The quantitative estimate of drug-likeness (QED) is 0.828. The van der Waals surface area contributed by atoms with E-state index in [9.17, 15) is 13.2 Å². The lowest BCUT2D eigenvalue weighted by Crippen LogP contribution is -2.45. The van der Waals surface area contributed by atoms with Crippen LogP contribution in [-0.2, 0) is 14.8 Å². The maximum absolute atomic E-state index is 12.8. The minimum atomic E-state index is -3.78. The van der Waals surface area contributed by atoms with Crippen molar-refractivity contribution >= 4 is 21.6 Å². The van der Waals surface area contributed by atoms with Crippen LogP contribution in [0.4, 0.5) is 5.69 Å². The van der Waals surface area contributed by atoms with Gasteiger partial charge in [-0.25, -0.2) is 8.42 Å². The van der Waals surface area contributed by atoms with Gasteiger partial charge in [-0.15, -0.1) is 0 Å². The summed E-state index contributed by atoms with van der Waals surface area (Å²) in [6, 6.07) is 9.94. The number of aryl methyl sites for hydroxylation is 2. The molecule has 0 aromatic heterocycles. The minimum Gasteiger partial charge on any atom is -0.485 e. The van der Waals surface area contributed by atoms with E-state index < -0.39 is 16.1 Å². The van der Waals surface area contributed by atoms with Crippen LogP contribution < -0.4 is 14.2 Å². The van der Waals surface area contributed by atoms with E-state index in [0.29, 0.717) is 17.2 Å². The highest BCUT2D eigenvalue weighted by molar-refractivity contribution is 7.92. The fourth-order valence-electron chi connectivity index (χ4n) is 3.73. The van der Waals surface area contributed by atoms with Gasteiger partial charge < -0.3 is 14.4 Å². The number of anilines is 1. The van der Waals surface area contributed by atoms with E-state index in [2.05, 4.69) is 4.72 Å². The molecular formula is C21H24N2O5S. The average Bonchev–Trinajstić information content (AvgIpc) is 3.20. The monoisotopic (exact) mass is 416 g/mol. The van der Waals surface area contributed by atoms with Gasteiger partial charge in [0.15, 0.2) is 11.5 Å². The van der Waals surface area contributed by atoms with Gasteiger partial charge in [-0.1, -0.05) is 6.07 Å². The maximum atomic E-state index is 12.8. The highest BCUT2D eigenvalue weighted by Crippen LogP contribution is 2.35. The Morgan fingerprint density at radius 2 is 1.72 bits per heavy atom. The normalized spacial score (nSPS) is 18.6. The predicted octanol–water partition coefficient (Wildman–Crippen LogP) is 2.87. The van der Waals surface area contributed by atoms with Crippen LogP contribution in [0.25, 0.3) is 0 Å². The molecule has 2 aliphatic heterocycles. The zero-order chi connectivity index (χ0) is 20.6. The summed E-state index contributed by atoms with van der Waals surface area (Å²) < 4.78 is 39.6. The zero-order valence-corrected chi connectivity index (χ0v) is 17.3. The van der Waals surface area contributed by atoms with Crippen LogP contribution in [0.1, 0.15) is 24.0 Å². The maximum Gasteiger partial charge on any atom is 0.267 e. The number of amides is 1. The molecule has 4 rings (SSSR count). The van der Waals surface area contributed by atoms with Gasteiger partial charge in [0.2, 0.25) is 6.10 Å². The molecule has 1 saturated heterocycles. The first kappa shape index (κ1) is 19.6. The average molecular weight is 416 g/mol. The van der Waals surface area contributed by atoms with Crippen LogP contribution in [0.2, 0.25) is 0 Å². The first-order valence-electron chi connectivity index (χ1n) is 9.65. The molecule has 0 radical (unpaired) electrons. The van der Waals surface area contributed by atoms with E-state index in [0.717, 1.165) is 37.1 Å². The molecule has 0 spiro atoms. The summed E-state index contributed by atoms with van der Waals surface area (Å²) in [7, 11) is -3.78. The third kappa shape index (κ3) is 4.17. The van der Waals surface area contributed by atoms with Crippen molar-refractivity contribution in [1.29, 1.82) is 0 Å². The van der Waals surface area contributed by atoms with Crippen LogP contribution in [0.5, 0.6) is 11.5 Å². The van der Waals surface area contributed by atoms with Crippen molar-refractivity contribution in [2.24, 2.45) is 0 Å². The van der Waals surface area contributed by atoms with Gasteiger partial charge in [0.05, 0.1) is 4.90 Å². The molecular weight excluding hydrogens is 392 g/mol. The van der Waals surface area contributed by atoms with Gasteiger partial charge >= 0.3 is 0 Å². The van der Waals surface area contributed by atoms with Crippen molar-refractivity contribution < 1.29 is 22.7 Å². The fourth-order valence-corrected chi connectivity index (χ4v) is 4.78. The smallest absolute Gasteiger partial charge is 0.267 e. The molecule has 2 aromatic carbocycles. The largest absolute Gasteiger partial charge is 0.485 e. The number of nitrogens with zero attached hydrogens (tertiary/aromatic N) is 1. The molecule has 0 bridgehead atoms. The van der Waals surface area contributed by atoms with Crippen molar-refractivity contribution in [1.82, 2.24) is 4.90 Å². The third-order valence-corrected chi connectivity index (χ3v) is 6.43. The first-order valence-corrected chi connectivity index (χ1v) is 11.1. The van der Waals surface area contributed by atoms with Crippen molar-refractivity contribution in [3.8, 4) is 11.5 Å². The highest BCUT2D eigenvalue weighted by atomic mass is 32.2. The number of rotatable bonds is 4. The fraction of sp³-hybridized carbons (Fsp3) is 0.381. The Labute approximate surface area is 170 Å². The number of nitrogens with one attached hydrogen (secondary N) is 1. The van der Waals surface area contributed by atoms with E-state index in [1.807, 2.05) is 19.9 Å². The molecule has 0 unspecified atom stereocenters. The van der Waals surface area contributed by atoms with Crippen molar-refractivity contribution in [3.63, 3.8) is 0 Å². The summed E-state index contributed by atoms with van der Waals surface area (Å²) in [5.41, 5.74) is 2.45. The summed E-state index contributed by atoms with van der Waals surface area (Å²) in [4.78, 5) is 14.4. The van der Waals surface area contributed by atoms with Gasteiger partial charge in [-0.2, -0.15) is 0 Å². The molecule has 0 aliphatic carbocycles. The second-order valence-corrected chi connectivity index (χ2v) is 9.22.